The molecule has 0 atom stereocenters. The number of sulfone groups is 1. The van der Waals surface area contributed by atoms with Gasteiger partial charge in [0.05, 0.1) is 11.0 Å². The van der Waals surface area contributed by atoms with E-state index >= 15 is 0 Å². The van der Waals surface area contributed by atoms with Crippen LogP contribution in [0.25, 0.3) is 11.0 Å². The Labute approximate surface area is 96.6 Å². The zero-order valence-electron chi connectivity index (χ0n) is 8.98. The standard InChI is InChI=1S/C10H10N2O4S/c1-17(15,16)5-9(13)6-2-3-7-8(4-6)12-10(14)11-7/h2-4H,5H2,1H3,(H2,11,12,14). The normalized spacial score (nSPS) is 11.8. The lowest BCUT2D eigenvalue weighted by atomic mass is 10.1. The number of rotatable bonds is 3. The van der Waals surface area contributed by atoms with Gasteiger partial charge in [0.1, 0.15) is 5.75 Å². The molecule has 0 unspecified atom stereocenters. The molecule has 0 aliphatic carbocycles. The van der Waals surface area contributed by atoms with Gasteiger partial charge in [-0.1, -0.05) is 0 Å². The molecule has 0 aliphatic rings. The highest BCUT2D eigenvalue weighted by molar-refractivity contribution is 7.91. The number of Topliss-reactive ketones (excluding diaryl/α,β-unsaturated/α-hetero) is 1. The molecule has 0 fully saturated rings. The second-order valence-electron chi connectivity index (χ2n) is 3.83. The molecule has 2 rings (SSSR count). The monoisotopic (exact) mass is 254 g/mol. The summed E-state index contributed by atoms with van der Waals surface area (Å²) in [6.45, 7) is 0. The Morgan fingerprint density at radius 3 is 2.53 bits per heavy atom. The second-order valence-corrected chi connectivity index (χ2v) is 5.97. The third-order valence-corrected chi connectivity index (χ3v) is 3.02. The summed E-state index contributed by atoms with van der Waals surface area (Å²) in [6.07, 6.45) is 1.00. The summed E-state index contributed by atoms with van der Waals surface area (Å²) in [5.41, 5.74) is 0.950. The first-order valence-corrected chi connectivity index (χ1v) is 6.84. The third-order valence-electron chi connectivity index (χ3n) is 2.23. The molecule has 0 spiro atoms. The molecule has 6 nitrogen and oxygen atoms in total. The Morgan fingerprint density at radius 2 is 1.88 bits per heavy atom. The number of aromatic amines is 2. The van der Waals surface area contributed by atoms with Crippen molar-refractivity contribution in [2.45, 2.75) is 0 Å². The molecule has 0 aliphatic heterocycles. The van der Waals surface area contributed by atoms with E-state index in [1.165, 1.54) is 12.1 Å². The first-order valence-electron chi connectivity index (χ1n) is 4.78. The van der Waals surface area contributed by atoms with Gasteiger partial charge in [-0.2, -0.15) is 0 Å². The lowest BCUT2D eigenvalue weighted by Gasteiger charge is -1.99. The van der Waals surface area contributed by atoms with Crippen LogP contribution in [-0.2, 0) is 9.84 Å². The van der Waals surface area contributed by atoms with Gasteiger partial charge in [0, 0.05) is 11.8 Å². The number of carbonyl (C=O) groups is 1. The molecule has 90 valence electrons. The van der Waals surface area contributed by atoms with Crippen LogP contribution >= 0.6 is 0 Å². The SMILES string of the molecule is CS(=O)(=O)CC(=O)c1ccc2[nH]c(=O)[nH]c2c1. The number of benzene rings is 1. The van der Waals surface area contributed by atoms with Crippen LogP contribution in [0.2, 0.25) is 0 Å². The molecular formula is C10H10N2O4S. The Balaban J connectivity index is 2.42. The highest BCUT2D eigenvalue weighted by atomic mass is 32.2. The van der Waals surface area contributed by atoms with E-state index in [-0.39, 0.29) is 11.3 Å². The average Bonchev–Trinajstić information content (AvgIpc) is 2.53. The quantitative estimate of drug-likeness (QED) is 0.758. The van der Waals surface area contributed by atoms with Crippen molar-refractivity contribution in [3.63, 3.8) is 0 Å². The maximum Gasteiger partial charge on any atom is 0.323 e. The van der Waals surface area contributed by atoms with E-state index in [1.807, 2.05) is 0 Å². The van der Waals surface area contributed by atoms with Crippen LogP contribution in [0.5, 0.6) is 0 Å². The molecule has 1 aromatic carbocycles. The molecule has 2 N–H and O–H groups in total. The van der Waals surface area contributed by atoms with E-state index < -0.39 is 21.4 Å². The van der Waals surface area contributed by atoms with Gasteiger partial charge in [-0.3, -0.25) is 4.79 Å². The smallest absolute Gasteiger partial charge is 0.306 e. The van der Waals surface area contributed by atoms with Crippen molar-refractivity contribution in [3.8, 4) is 0 Å². The predicted octanol–water partition coefficient (Wildman–Crippen LogP) is 0.0835. The zero-order chi connectivity index (χ0) is 12.6. The summed E-state index contributed by atoms with van der Waals surface area (Å²) < 4.78 is 22.0. The van der Waals surface area contributed by atoms with Gasteiger partial charge < -0.3 is 9.97 Å². The van der Waals surface area contributed by atoms with Crippen molar-refractivity contribution in [2.24, 2.45) is 0 Å². The van der Waals surface area contributed by atoms with E-state index in [0.717, 1.165) is 6.26 Å². The number of fused-ring (bicyclic) bond motifs is 1. The molecule has 0 radical (unpaired) electrons. The van der Waals surface area contributed by atoms with Crippen LogP contribution in [0.4, 0.5) is 0 Å². The fourth-order valence-electron chi connectivity index (χ4n) is 1.53. The van der Waals surface area contributed by atoms with Crippen LogP contribution in [0.3, 0.4) is 0 Å². The molecule has 0 amide bonds. The highest BCUT2D eigenvalue weighted by Gasteiger charge is 2.13. The Bertz CT molecular complexity index is 739. The lowest BCUT2D eigenvalue weighted by molar-refractivity contribution is 0.102. The Kier molecular flexibility index (Phi) is 2.62. The van der Waals surface area contributed by atoms with Gasteiger partial charge in [0.25, 0.3) is 0 Å². The number of hydrogen-bond donors (Lipinski definition) is 2. The number of ketones is 1. The summed E-state index contributed by atoms with van der Waals surface area (Å²) in [5.74, 6) is -1.02. The Morgan fingerprint density at radius 1 is 1.24 bits per heavy atom. The van der Waals surface area contributed by atoms with Crippen LogP contribution in [0.15, 0.2) is 23.0 Å². The predicted molar refractivity (Wildman–Crippen MR) is 63.0 cm³/mol. The van der Waals surface area contributed by atoms with Gasteiger partial charge >= 0.3 is 5.69 Å². The van der Waals surface area contributed by atoms with Crippen LogP contribution < -0.4 is 5.69 Å². The molecule has 1 aromatic heterocycles. The lowest BCUT2D eigenvalue weighted by Crippen LogP contribution is -2.14. The number of hydrogen-bond acceptors (Lipinski definition) is 4. The number of carbonyl (C=O) groups excluding carboxylic acids is 1. The number of imidazole rings is 1. The summed E-state index contributed by atoms with van der Waals surface area (Å²) in [7, 11) is -3.35. The summed E-state index contributed by atoms with van der Waals surface area (Å²) in [4.78, 5) is 27.7. The van der Waals surface area contributed by atoms with Crippen molar-refractivity contribution in [1.29, 1.82) is 0 Å². The van der Waals surface area contributed by atoms with E-state index in [9.17, 15) is 18.0 Å². The minimum absolute atomic E-state index is 0.262. The first-order chi connectivity index (χ1) is 7.85. The second kappa shape index (κ2) is 3.85. The number of H-pyrrole nitrogens is 2. The summed E-state index contributed by atoms with van der Waals surface area (Å²) in [5, 5.41) is 0. The van der Waals surface area contributed by atoms with Crippen molar-refractivity contribution < 1.29 is 13.2 Å². The number of nitrogens with one attached hydrogen (secondary N) is 2. The van der Waals surface area contributed by atoms with Crippen LogP contribution in [0, 0.1) is 0 Å². The third kappa shape index (κ3) is 2.62. The Hall–Kier alpha value is -1.89. The highest BCUT2D eigenvalue weighted by Crippen LogP contribution is 2.11. The molecule has 1 heterocycles. The molecule has 0 saturated heterocycles. The minimum Gasteiger partial charge on any atom is -0.306 e. The first kappa shape index (κ1) is 11.6. The molecule has 7 heteroatoms. The molecule has 0 saturated carbocycles. The van der Waals surface area contributed by atoms with Crippen molar-refractivity contribution in [2.75, 3.05) is 12.0 Å². The molecule has 2 aromatic rings. The topological polar surface area (TPSA) is 99.9 Å². The average molecular weight is 254 g/mol. The van der Waals surface area contributed by atoms with E-state index in [4.69, 9.17) is 0 Å². The maximum absolute atomic E-state index is 11.6. The van der Waals surface area contributed by atoms with Crippen molar-refractivity contribution in [3.05, 3.63) is 34.2 Å². The van der Waals surface area contributed by atoms with Gasteiger partial charge in [-0.25, -0.2) is 13.2 Å². The van der Waals surface area contributed by atoms with Gasteiger partial charge in [0.15, 0.2) is 15.6 Å². The van der Waals surface area contributed by atoms with E-state index in [2.05, 4.69) is 9.97 Å². The zero-order valence-corrected chi connectivity index (χ0v) is 9.80. The van der Waals surface area contributed by atoms with Crippen LogP contribution in [-0.4, -0.2) is 36.2 Å². The van der Waals surface area contributed by atoms with Gasteiger partial charge in [-0.15, -0.1) is 0 Å². The van der Waals surface area contributed by atoms with E-state index in [1.54, 1.807) is 6.07 Å². The fourth-order valence-corrected chi connectivity index (χ4v) is 2.17. The fraction of sp³-hybridized carbons (Fsp3) is 0.200. The van der Waals surface area contributed by atoms with Crippen molar-refractivity contribution in [1.82, 2.24) is 9.97 Å². The maximum atomic E-state index is 11.6. The molecule has 0 bridgehead atoms. The molecule has 17 heavy (non-hydrogen) atoms. The molecular weight excluding hydrogens is 244 g/mol. The minimum atomic E-state index is -3.35. The van der Waals surface area contributed by atoms with Gasteiger partial charge in [-0.05, 0) is 18.2 Å². The van der Waals surface area contributed by atoms with E-state index in [0.29, 0.717) is 11.0 Å². The van der Waals surface area contributed by atoms with Crippen molar-refractivity contribution >= 4 is 26.7 Å². The summed E-state index contributed by atoms with van der Waals surface area (Å²) >= 11 is 0. The summed E-state index contributed by atoms with van der Waals surface area (Å²) in [6, 6.07) is 4.50. The largest absolute Gasteiger partial charge is 0.323 e. The number of aromatic nitrogens is 2. The van der Waals surface area contributed by atoms with Crippen LogP contribution in [0.1, 0.15) is 10.4 Å². The van der Waals surface area contributed by atoms with Gasteiger partial charge in [0.2, 0.25) is 0 Å².